The molecule has 29 heavy (non-hydrogen) atoms. The Labute approximate surface area is 175 Å². The Hall–Kier alpha value is -3.12. The van der Waals surface area contributed by atoms with Crippen LogP contribution < -0.4 is 19.5 Å². The zero-order valence-corrected chi connectivity index (χ0v) is 17.8. The highest BCUT2D eigenvalue weighted by atomic mass is 35.5. The molecule has 3 aromatic rings. The lowest BCUT2D eigenvalue weighted by Crippen LogP contribution is -2.14. The molecule has 0 aliphatic rings. The minimum Gasteiger partial charge on any atom is -0.497 e. The first kappa shape index (κ1) is 20.6. The van der Waals surface area contributed by atoms with Gasteiger partial charge in [-0.05, 0) is 44.2 Å². The summed E-state index contributed by atoms with van der Waals surface area (Å²) in [5.41, 5.74) is 3.76. The molecule has 0 saturated carbocycles. The van der Waals surface area contributed by atoms with Gasteiger partial charge in [0.1, 0.15) is 17.2 Å². The van der Waals surface area contributed by atoms with Crippen LogP contribution >= 0.6 is 11.6 Å². The highest BCUT2D eigenvalue weighted by molar-refractivity contribution is 6.32. The van der Waals surface area contributed by atoms with Gasteiger partial charge in [0.25, 0.3) is 5.91 Å². The summed E-state index contributed by atoms with van der Waals surface area (Å²) in [5.74, 6) is 1.43. The maximum absolute atomic E-state index is 13.0. The van der Waals surface area contributed by atoms with E-state index in [4.69, 9.17) is 25.8 Å². The van der Waals surface area contributed by atoms with E-state index in [9.17, 15) is 4.79 Å². The van der Waals surface area contributed by atoms with Gasteiger partial charge in [0.15, 0.2) is 0 Å². The van der Waals surface area contributed by atoms with Gasteiger partial charge in [-0.25, -0.2) is 0 Å². The number of rotatable bonds is 6. The van der Waals surface area contributed by atoms with E-state index in [-0.39, 0.29) is 5.91 Å². The molecule has 152 valence electrons. The summed E-state index contributed by atoms with van der Waals surface area (Å²) < 4.78 is 17.8. The fourth-order valence-corrected chi connectivity index (χ4v) is 3.50. The molecule has 0 radical (unpaired) electrons. The molecule has 2 aromatic carbocycles. The number of nitrogens with zero attached hydrogens (tertiary/aromatic N) is 1. The highest BCUT2D eigenvalue weighted by Gasteiger charge is 2.19. The van der Waals surface area contributed by atoms with Crippen molar-refractivity contribution in [3.8, 4) is 22.9 Å². The molecule has 7 heteroatoms. The third-order valence-corrected chi connectivity index (χ3v) is 5.02. The maximum Gasteiger partial charge on any atom is 0.257 e. The lowest BCUT2D eigenvalue weighted by atomic mass is 10.2. The molecule has 6 nitrogen and oxygen atoms in total. The molecule has 0 aliphatic heterocycles. The summed E-state index contributed by atoms with van der Waals surface area (Å²) in [5, 5.41) is 3.30. The van der Waals surface area contributed by atoms with Gasteiger partial charge in [-0.3, -0.25) is 4.79 Å². The minimum atomic E-state index is -0.250. The number of nitrogens with one attached hydrogen (secondary N) is 1. The van der Waals surface area contributed by atoms with Gasteiger partial charge >= 0.3 is 0 Å². The molecule has 0 aliphatic carbocycles. The van der Waals surface area contributed by atoms with E-state index in [2.05, 4.69) is 5.32 Å². The molecule has 3 rings (SSSR count). The molecule has 0 saturated heterocycles. The fourth-order valence-electron chi connectivity index (χ4n) is 3.27. The number of hydrogen-bond acceptors (Lipinski definition) is 4. The van der Waals surface area contributed by atoms with Crippen LogP contribution in [0, 0.1) is 13.8 Å². The summed E-state index contributed by atoms with van der Waals surface area (Å²) in [4.78, 5) is 13.0. The topological polar surface area (TPSA) is 61.7 Å². The van der Waals surface area contributed by atoms with Gasteiger partial charge in [-0.2, -0.15) is 0 Å². The van der Waals surface area contributed by atoms with Gasteiger partial charge in [-0.15, -0.1) is 0 Å². The lowest BCUT2D eigenvalue weighted by Gasteiger charge is -2.14. The van der Waals surface area contributed by atoms with Crippen molar-refractivity contribution in [2.45, 2.75) is 13.8 Å². The van der Waals surface area contributed by atoms with Gasteiger partial charge < -0.3 is 24.1 Å². The Morgan fingerprint density at radius 2 is 1.59 bits per heavy atom. The summed E-state index contributed by atoms with van der Waals surface area (Å²) in [6.45, 7) is 3.87. The van der Waals surface area contributed by atoms with Crippen LogP contribution in [0.25, 0.3) is 5.69 Å². The third kappa shape index (κ3) is 4.03. The fraction of sp³-hybridized carbons (Fsp3) is 0.227. The quantitative estimate of drug-likeness (QED) is 0.614. The summed E-state index contributed by atoms with van der Waals surface area (Å²) >= 11 is 6.14. The van der Waals surface area contributed by atoms with E-state index in [1.54, 1.807) is 19.2 Å². The zero-order chi connectivity index (χ0) is 21.1. The number of anilines is 1. The van der Waals surface area contributed by atoms with Crippen LogP contribution in [0.2, 0.25) is 5.02 Å². The smallest absolute Gasteiger partial charge is 0.257 e. The molecule has 0 bridgehead atoms. The molecular formula is C22H23ClN2O4. The standard InChI is InChI=1S/C22H23ClN2O4/c1-13-10-17(14(2)25(13)15-6-8-16(27-3)9-7-15)22(26)24-19-12-20(28-4)18(23)11-21(19)29-5/h6-12H,1-5H3,(H,24,26). The monoisotopic (exact) mass is 414 g/mol. The van der Waals surface area contributed by atoms with E-state index >= 15 is 0 Å². The molecule has 1 aromatic heterocycles. The molecule has 1 amide bonds. The van der Waals surface area contributed by atoms with Crippen molar-refractivity contribution in [2.75, 3.05) is 26.6 Å². The first-order chi connectivity index (χ1) is 13.9. The Morgan fingerprint density at radius 3 is 2.17 bits per heavy atom. The second kappa shape index (κ2) is 8.49. The van der Waals surface area contributed by atoms with Crippen LogP contribution in [0.4, 0.5) is 5.69 Å². The van der Waals surface area contributed by atoms with Crippen LogP contribution in [0.1, 0.15) is 21.7 Å². The van der Waals surface area contributed by atoms with Crippen molar-refractivity contribution >= 4 is 23.2 Å². The number of hydrogen-bond donors (Lipinski definition) is 1. The number of methoxy groups -OCH3 is 3. The molecular weight excluding hydrogens is 392 g/mol. The van der Waals surface area contributed by atoms with E-state index in [0.29, 0.717) is 27.8 Å². The molecule has 0 unspecified atom stereocenters. The number of carbonyl (C=O) groups is 1. The molecule has 0 spiro atoms. The van der Waals surface area contributed by atoms with E-state index in [1.807, 2.05) is 48.7 Å². The average Bonchev–Trinajstić information content (AvgIpc) is 3.03. The Morgan fingerprint density at radius 1 is 0.931 bits per heavy atom. The number of carbonyl (C=O) groups excluding carboxylic acids is 1. The zero-order valence-electron chi connectivity index (χ0n) is 17.0. The number of halogens is 1. The van der Waals surface area contributed by atoms with E-state index in [0.717, 1.165) is 22.8 Å². The van der Waals surface area contributed by atoms with Crippen molar-refractivity contribution < 1.29 is 19.0 Å². The first-order valence-electron chi connectivity index (χ1n) is 8.95. The van der Waals surface area contributed by atoms with Crippen molar-refractivity contribution in [3.05, 3.63) is 64.4 Å². The predicted octanol–water partition coefficient (Wildman–Crippen LogP) is 5.03. The Balaban J connectivity index is 1.95. The van der Waals surface area contributed by atoms with Gasteiger partial charge in [0.05, 0.1) is 37.6 Å². The second-order valence-corrected chi connectivity index (χ2v) is 6.87. The molecule has 0 atom stereocenters. The normalized spacial score (nSPS) is 10.6. The average molecular weight is 415 g/mol. The van der Waals surface area contributed by atoms with Gasteiger partial charge in [0.2, 0.25) is 0 Å². The Kier molecular flexibility index (Phi) is 6.03. The van der Waals surface area contributed by atoms with Crippen molar-refractivity contribution in [2.24, 2.45) is 0 Å². The number of benzene rings is 2. The summed E-state index contributed by atoms with van der Waals surface area (Å²) in [6.07, 6.45) is 0. The van der Waals surface area contributed by atoms with Crippen LogP contribution in [-0.4, -0.2) is 31.8 Å². The Bertz CT molecular complexity index is 1040. The van der Waals surface area contributed by atoms with E-state index in [1.165, 1.54) is 14.2 Å². The molecule has 0 fully saturated rings. The van der Waals surface area contributed by atoms with Crippen LogP contribution in [0.15, 0.2) is 42.5 Å². The number of aromatic nitrogens is 1. The number of amides is 1. The summed E-state index contributed by atoms with van der Waals surface area (Å²) in [6, 6.07) is 12.8. The van der Waals surface area contributed by atoms with Gasteiger partial charge in [0, 0.05) is 29.2 Å². The third-order valence-electron chi connectivity index (χ3n) is 4.73. The van der Waals surface area contributed by atoms with Crippen molar-refractivity contribution in [1.29, 1.82) is 0 Å². The first-order valence-corrected chi connectivity index (χ1v) is 9.33. The van der Waals surface area contributed by atoms with Crippen LogP contribution in [0.3, 0.4) is 0 Å². The molecule has 1 N–H and O–H groups in total. The molecule has 1 heterocycles. The van der Waals surface area contributed by atoms with Crippen molar-refractivity contribution in [3.63, 3.8) is 0 Å². The van der Waals surface area contributed by atoms with Crippen LogP contribution in [0.5, 0.6) is 17.2 Å². The summed E-state index contributed by atoms with van der Waals surface area (Å²) in [7, 11) is 4.66. The number of ether oxygens (including phenoxy) is 3. The second-order valence-electron chi connectivity index (χ2n) is 6.46. The SMILES string of the molecule is COc1ccc(-n2c(C)cc(C(=O)Nc3cc(OC)c(Cl)cc3OC)c2C)cc1. The van der Waals surface area contributed by atoms with Crippen LogP contribution in [-0.2, 0) is 0 Å². The number of aryl methyl sites for hydroxylation is 1. The minimum absolute atomic E-state index is 0.250. The van der Waals surface area contributed by atoms with E-state index < -0.39 is 0 Å². The maximum atomic E-state index is 13.0. The largest absolute Gasteiger partial charge is 0.497 e. The predicted molar refractivity (Wildman–Crippen MR) is 114 cm³/mol. The highest BCUT2D eigenvalue weighted by Crippen LogP contribution is 2.36. The van der Waals surface area contributed by atoms with Gasteiger partial charge in [-0.1, -0.05) is 11.6 Å². The van der Waals surface area contributed by atoms with Crippen molar-refractivity contribution in [1.82, 2.24) is 4.57 Å². The lowest BCUT2D eigenvalue weighted by molar-refractivity contribution is 0.102.